The maximum atomic E-state index is 5.47. The van der Waals surface area contributed by atoms with Crippen molar-refractivity contribution in [2.75, 3.05) is 0 Å². The number of aromatic nitrogens is 2. The lowest BCUT2D eigenvalue weighted by Gasteiger charge is -2.13. The minimum Gasteiger partial charge on any atom is -0.271 e. The van der Waals surface area contributed by atoms with Crippen LogP contribution in [-0.4, -0.2) is 15.8 Å². The molecule has 1 unspecified atom stereocenters. The zero-order valence-corrected chi connectivity index (χ0v) is 10.7. The number of nitrogens with zero attached hydrogens (tertiary/aromatic N) is 2. The molecule has 1 aromatic heterocycles. The van der Waals surface area contributed by atoms with Crippen LogP contribution >= 0.6 is 15.9 Å². The van der Waals surface area contributed by atoms with E-state index in [9.17, 15) is 0 Å². The summed E-state index contributed by atoms with van der Waals surface area (Å²) in [6.07, 6.45) is 3.54. The van der Waals surface area contributed by atoms with Gasteiger partial charge in [0.25, 0.3) is 0 Å². The lowest BCUT2D eigenvalue weighted by Crippen LogP contribution is -2.36. The van der Waals surface area contributed by atoms with Crippen LogP contribution in [0.1, 0.15) is 17.8 Å². The van der Waals surface area contributed by atoms with E-state index in [2.05, 4.69) is 33.0 Å². The summed E-state index contributed by atoms with van der Waals surface area (Å²) in [5, 5.41) is 4.33. The van der Waals surface area contributed by atoms with E-state index in [1.807, 2.05) is 24.7 Å². The third-order valence-electron chi connectivity index (χ3n) is 2.39. The van der Waals surface area contributed by atoms with E-state index in [1.165, 1.54) is 0 Å². The third-order valence-corrected chi connectivity index (χ3v) is 3.42. The maximum absolute atomic E-state index is 5.47. The van der Waals surface area contributed by atoms with Crippen molar-refractivity contribution >= 4 is 15.9 Å². The van der Waals surface area contributed by atoms with E-state index >= 15 is 0 Å². The number of nitrogens with one attached hydrogen (secondary N) is 1. The monoisotopic (exact) mass is 272 g/mol. The second-order valence-corrected chi connectivity index (χ2v) is 4.35. The molecule has 1 aromatic rings. The molecule has 4 nitrogen and oxygen atoms in total. The first-order valence-corrected chi connectivity index (χ1v) is 5.64. The van der Waals surface area contributed by atoms with Gasteiger partial charge in [0.2, 0.25) is 0 Å². The minimum atomic E-state index is 0.202. The SMILES string of the molecule is C=CCC(Cc1c(Br)c(C)nn1C)NN. The number of halogens is 1. The van der Waals surface area contributed by atoms with Crippen molar-refractivity contribution in [3.05, 3.63) is 28.5 Å². The van der Waals surface area contributed by atoms with E-state index in [1.54, 1.807) is 0 Å². The molecule has 5 heteroatoms. The van der Waals surface area contributed by atoms with Crippen LogP contribution in [0.15, 0.2) is 17.1 Å². The standard InChI is InChI=1S/C10H17BrN4/c1-4-5-8(13-12)6-9-10(11)7(2)14-15(9)3/h4,8,13H,1,5-6,12H2,2-3H3. The van der Waals surface area contributed by atoms with Crippen LogP contribution in [0.3, 0.4) is 0 Å². The molecule has 1 atom stereocenters. The molecule has 84 valence electrons. The molecule has 0 saturated carbocycles. The number of nitrogens with two attached hydrogens (primary N) is 1. The van der Waals surface area contributed by atoms with Crippen molar-refractivity contribution in [1.82, 2.24) is 15.2 Å². The summed E-state index contributed by atoms with van der Waals surface area (Å²) in [5.74, 6) is 5.47. The van der Waals surface area contributed by atoms with Gasteiger partial charge in [0.1, 0.15) is 0 Å². The molecule has 1 heterocycles. The van der Waals surface area contributed by atoms with Crippen molar-refractivity contribution in [2.24, 2.45) is 12.9 Å². The highest BCUT2D eigenvalue weighted by Gasteiger charge is 2.14. The lowest BCUT2D eigenvalue weighted by atomic mass is 10.1. The van der Waals surface area contributed by atoms with Crippen LogP contribution in [0.2, 0.25) is 0 Å². The average molecular weight is 273 g/mol. The predicted molar refractivity (Wildman–Crippen MR) is 65.3 cm³/mol. The summed E-state index contributed by atoms with van der Waals surface area (Å²) in [6.45, 7) is 5.69. The number of hydrazine groups is 1. The highest BCUT2D eigenvalue weighted by atomic mass is 79.9. The Kier molecular flexibility index (Phi) is 4.50. The first-order chi connectivity index (χ1) is 7.10. The number of hydrogen-bond acceptors (Lipinski definition) is 3. The predicted octanol–water partition coefficient (Wildman–Crippen LogP) is 1.44. The molecule has 0 fully saturated rings. The molecule has 0 radical (unpaired) electrons. The molecule has 0 spiro atoms. The zero-order chi connectivity index (χ0) is 11.4. The van der Waals surface area contributed by atoms with Crippen LogP contribution in [0.25, 0.3) is 0 Å². The molecule has 1 rings (SSSR count). The van der Waals surface area contributed by atoms with Crippen molar-refractivity contribution in [1.29, 1.82) is 0 Å². The Bertz CT molecular complexity index is 345. The van der Waals surface area contributed by atoms with Crippen molar-refractivity contribution in [3.8, 4) is 0 Å². The van der Waals surface area contributed by atoms with Crippen molar-refractivity contribution in [2.45, 2.75) is 25.8 Å². The fourth-order valence-electron chi connectivity index (χ4n) is 1.55. The summed E-state index contributed by atoms with van der Waals surface area (Å²) < 4.78 is 2.95. The van der Waals surface area contributed by atoms with Gasteiger partial charge in [-0.1, -0.05) is 6.08 Å². The van der Waals surface area contributed by atoms with Gasteiger partial charge in [-0.15, -0.1) is 6.58 Å². The van der Waals surface area contributed by atoms with Gasteiger partial charge in [0, 0.05) is 19.5 Å². The molecule has 3 N–H and O–H groups in total. The molecule has 0 aromatic carbocycles. The molecule has 0 bridgehead atoms. The third kappa shape index (κ3) is 2.90. The number of hydrogen-bond donors (Lipinski definition) is 2. The van der Waals surface area contributed by atoms with E-state index < -0.39 is 0 Å². The van der Waals surface area contributed by atoms with E-state index in [0.29, 0.717) is 0 Å². The number of aryl methyl sites for hydroxylation is 2. The largest absolute Gasteiger partial charge is 0.271 e. The molecule has 0 amide bonds. The van der Waals surface area contributed by atoms with Crippen molar-refractivity contribution < 1.29 is 0 Å². The fourth-order valence-corrected chi connectivity index (χ4v) is 2.04. The van der Waals surface area contributed by atoms with Gasteiger partial charge >= 0.3 is 0 Å². The van der Waals surface area contributed by atoms with Gasteiger partial charge in [-0.3, -0.25) is 16.0 Å². The first-order valence-electron chi connectivity index (χ1n) is 4.85. The molecule has 0 aliphatic heterocycles. The molecule has 0 saturated heterocycles. The zero-order valence-electron chi connectivity index (χ0n) is 9.13. The Hall–Kier alpha value is -0.650. The summed E-state index contributed by atoms with van der Waals surface area (Å²) in [6, 6.07) is 0.202. The molecule has 15 heavy (non-hydrogen) atoms. The number of rotatable bonds is 5. The Labute approximate surface area is 98.6 Å². The Balaban J connectivity index is 2.82. The van der Waals surface area contributed by atoms with Gasteiger partial charge in [-0.25, -0.2) is 0 Å². The normalized spacial score (nSPS) is 12.8. The summed E-state index contributed by atoms with van der Waals surface area (Å²) >= 11 is 3.53. The average Bonchev–Trinajstić information content (AvgIpc) is 2.44. The van der Waals surface area contributed by atoms with E-state index in [-0.39, 0.29) is 6.04 Å². The molecular formula is C10H17BrN4. The van der Waals surface area contributed by atoms with Gasteiger partial charge < -0.3 is 0 Å². The molecule has 0 aliphatic carbocycles. The molecule has 0 aliphatic rings. The first kappa shape index (κ1) is 12.4. The quantitative estimate of drug-likeness (QED) is 0.485. The highest BCUT2D eigenvalue weighted by molar-refractivity contribution is 9.10. The summed E-state index contributed by atoms with van der Waals surface area (Å²) in [5.41, 5.74) is 4.93. The van der Waals surface area contributed by atoms with Crippen LogP contribution < -0.4 is 11.3 Å². The summed E-state index contributed by atoms with van der Waals surface area (Å²) in [7, 11) is 1.94. The van der Waals surface area contributed by atoms with Crippen LogP contribution in [0.5, 0.6) is 0 Å². The van der Waals surface area contributed by atoms with Gasteiger partial charge in [0.15, 0.2) is 0 Å². The van der Waals surface area contributed by atoms with Gasteiger partial charge in [-0.2, -0.15) is 5.10 Å². The Morgan fingerprint density at radius 1 is 1.73 bits per heavy atom. The minimum absolute atomic E-state index is 0.202. The van der Waals surface area contributed by atoms with E-state index in [4.69, 9.17) is 5.84 Å². The van der Waals surface area contributed by atoms with Gasteiger partial charge in [-0.05, 0) is 29.3 Å². The van der Waals surface area contributed by atoms with E-state index in [0.717, 1.165) is 28.7 Å². The maximum Gasteiger partial charge on any atom is 0.0738 e. The highest BCUT2D eigenvalue weighted by Crippen LogP contribution is 2.21. The second kappa shape index (κ2) is 5.44. The topological polar surface area (TPSA) is 55.9 Å². The lowest BCUT2D eigenvalue weighted by molar-refractivity contribution is 0.511. The van der Waals surface area contributed by atoms with Gasteiger partial charge in [0.05, 0.1) is 15.9 Å². The second-order valence-electron chi connectivity index (χ2n) is 3.56. The van der Waals surface area contributed by atoms with Crippen LogP contribution in [0.4, 0.5) is 0 Å². The van der Waals surface area contributed by atoms with Crippen molar-refractivity contribution in [3.63, 3.8) is 0 Å². The Morgan fingerprint density at radius 2 is 2.40 bits per heavy atom. The fraction of sp³-hybridized carbons (Fsp3) is 0.500. The summed E-state index contributed by atoms with van der Waals surface area (Å²) in [4.78, 5) is 0. The van der Waals surface area contributed by atoms with Crippen LogP contribution in [0, 0.1) is 6.92 Å². The molecular weight excluding hydrogens is 256 g/mol. The Morgan fingerprint density at radius 3 is 2.80 bits per heavy atom. The smallest absolute Gasteiger partial charge is 0.0738 e. The van der Waals surface area contributed by atoms with Crippen LogP contribution in [-0.2, 0) is 13.5 Å².